The van der Waals surface area contributed by atoms with Crippen LogP contribution < -0.4 is 4.90 Å². The Balaban J connectivity index is 1.74. The van der Waals surface area contributed by atoms with Crippen molar-refractivity contribution in [2.75, 3.05) is 31.1 Å². The molecule has 168 valence electrons. The summed E-state index contributed by atoms with van der Waals surface area (Å²) in [5.74, 6) is 0.664. The Morgan fingerprint density at radius 3 is 2.66 bits per heavy atom. The highest BCUT2D eigenvalue weighted by molar-refractivity contribution is 5.78. The van der Waals surface area contributed by atoms with Crippen molar-refractivity contribution in [3.63, 3.8) is 0 Å². The largest absolute Gasteiger partial charge is 0.396 e. The molecule has 2 aliphatic rings. The number of nitriles is 1. The Kier molecular flexibility index (Phi) is 6.16. The number of pyridine rings is 1. The van der Waals surface area contributed by atoms with Crippen molar-refractivity contribution >= 4 is 11.7 Å². The maximum Gasteiger partial charge on any atom is 0.225 e. The molecule has 1 aliphatic heterocycles. The van der Waals surface area contributed by atoms with E-state index in [9.17, 15) is 14.4 Å². The van der Waals surface area contributed by atoms with Crippen molar-refractivity contribution in [3.05, 3.63) is 46.4 Å². The first kappa shape index (κ1) is 22.2. The van der Waals surface area contributed by atoms with Gasteiger partial charge in [0.15, 0.2) is 0 Å². The number of rotatable bonds is 5. The number of aliphatic hydroxyl groups excluding tert-OH is 1. The molecular formula is C25H29FN4O2. The molecule has 2 aromatic rings. The minimum Gasteiger partial charge on any atom is -0.396 e. The van der Waals surface area contributed by atoms with Crippen molar-refractivity contribution in [3.8, 4) is 17.2 Å². The summed E-state index contributed by atoms with van der Waals surface area (Å²) in [7, 11) is 0. The van der Waals surface area contributed by atoms with E-state index < -0.39 is 0 Å². The predicted molar refractivity (Wildman–Crippen MR) is 121 cm³/mol. The van der Waals surface area contributed by atoms with Gasteiger partial charge in [-0.1, -0.05) is 12.1 Å². The maximum atomic E-state index is 14.4. The number of aryl methyl sites for hydroxylation is 1. The van der Waals surface area contributed by atoms with E-state index >= 15 is 0 Å². The van der Waals surface area contributed by atoms with E-state index in [1.165, 1.54) is 0 Å². The molecule has 1 aliphatic carbocycles. The van der Waals surface area contributed by atoms with E-state index in [0.29, 0.717) is 42.5 Å². The van der Waals surface area contributed by atoms with Crippen molar-refractivity contribution < 1.29 is 14.3 Å². The SMILES string of the molecule is Cc1ccc(-c2c(C3CC3)nc(N3CCN(C(=O)CCO)C(C)C3)c(C#N)c2C)cc1F. The molecule has 1 saturated heterocycles. The highest BCUT2D eigenvalue weighted by atomic mass is 19.1. The van der Waals surface area contributed by atoms with Gasteiger partial charge in [0.05, 0.1) is 17.9 Å². The van der Waals surface area contributed by atoms with Gasteiger partial charge in [-0.3, -0.25) is 4.79 Å². The van der Waals surface area contributed by atoms with Gasteiger partial charge in [0.1, 0.15) is 17.7 Å². The minimum absolute atomic E-state index is 0.0494. The number of piperazine rings is 1. The fraction of sp³-hybridized carbons (Fsp3) is 0.480. The fourth-order valence-electron chi connectivity index (χ4n) is 4.60. The highest BCUT2D eigenvalue weighted by Crippen LogP contribution is 2.46. The second-order valence-electron chi connectivity index (χ2n) is 8.90. The van der Waals surface area contributed by atoms with E-state index in [1.807, 2.05) is 19.9 Å². The molecule has 6 nitrogen and oxygen atoms in total. The van der Waals surface area contributed by atoms with Crippen LogP contribution >= 0.6 is 0 Å². The van der Waals surface area contributed by atoms with Gasteiger partial charge in [0.25, 0.3) is 0 Å². The number of amides is 1. The number of benzene rings is 1. The third-order valence-electron chi connectivity index (χ3n) is 6.57. The Morgan fingerprint density at radius 1 is 1.31 bits per heavy atom. The second-order valence-corrected chi connectivity index (χ2v) is 8.90. The van der Waals surface area contributed by atoms with Crippen LogP contribution in [0, 0.1) is 31.0 Å². The molecule has 1 amide bonds. The van der Waals surface area contributed by atoms with E-state index in [4.69, 9.17) is 10.1 Å². The summed E-state index contributed by atoms with van der Waals surface area (Å²) in [5.41, 5.74) is 4.49. The molecule has 1 aromatic heterocycles. The van der Waals surface area contributed by atoms with Crippen LogP contribution in [0.2, 0.25) is 0 Å². The molecule has 0 radical (unpaired) electrons. The van der Waals surface area contributed by atoms with Crippen molar-refractivity contribution in [2.45, 2.75) is 52.0 Å². The average Bonchev–Trinajstić information content (AvgIpc) is 3.60. The lowest BCUT2D eigenvalue weighted by molar-refractivity contribution is -0.134. The van der Waals surface area contributed by atoms with Gasteiger partial charge in [-0.15, -0.1) is 0 Å². The standard InChI is InChI=1S/C25H29FN4O2/c1-15-4-5-19(12-21(15)26)23-17(3)20(13-27)25(28-24(23)18-6-7-18)29-9-10-30(16(2)14-29)22(32)8-11-31/h4-5,12,16,18,31H,6-11,14H2,1-3H3. The quantitative estimate of drug-likeness (QED) is 0.774. The number of nitrogens with zero attached hydrogens (tertiary/aromatic N) is 4. The molecule has 2 fully saturated rings. The topological polar surface area (TPSA) is 80.5 Å². The van der Waals surface area contributed by atoms with Crippen LogP contribution in [0.4, 0.5) is 10.2 Å². The third-order valence-corrected chi connectivity index (χ3v) is 6.57. The maximum absolute atomic E-state index is 14.4. The molecule has 1 N–H and O–H groups in total. The van der Waals surface area contributed by atoms with Crippen molar-refractivity contribution in [1.29, 1.82) is 5.26 Å². The van der Waals surface area contributed by atoms with Gasteiger partial charge in [-0.05, 0) is 56.4 Å². The van der Waals surface area contributed by atoms with E-state index in [2.05, 4.69) is 11.0 Å². The number of aromatic nitrogens is 1. The smallest absolute Gasteiger partial charge is 0.225 e. The van der Waals surface area contributed by atoms with Crippen LogP contribution in [0.25, 0.3) is 11.1 Å². The molecule has 1 aromatic carbocycles. The number of anilines is 1. The molecule has 1 unspecified atom stereocenters. The Labute approximate surface area is 188 Å². The van der Waals surface area contributed by atoms with Gasteiger partial charge >= 0.3 is 0 Å². The summed E-state index contributed by atoms with van der Waals surface area (Å²) in [4.78, 5) is 21.2. The first-order chi connectivity index (χ1) is 15.3. The van der Waals surface area contributed by atoms with Gasteiger partial charge in [-0.25, -0.2) is 9.37 Å². The Bertz CT molecular complexity index is 1090. The lowest BCUT2D eigenvalue weighted by Gasteiger charge is -2.41. The zero-order chi connectivity index (χ0) is 23.0. The molecular weight excluding hydrogens is 407 g/mol. The van der Waals surface area contributed by atoms with E-state index in [-0.39, 0.29) is 30.8 Å². The third kappa shape index (κ3) is 4.07. The molecule has 1 atom stereocenters. The monoisotopic (exact) mass is 436 g/mol. The predicted octanol–water partition coefficient (Wildman–Crippen LogP) is 3.67. The van der Waals surface area contributed by atoms with Crippen LogP contribution in [0.5, 0.6) is 0 Å². The fourth-order valence-corrected chi connectivity index (χ4v) is 4.60. The average molecular weight is 437 g/mol. The zero-order valence-corrected chi connectivity index (χ0v) is 18.9. The van der Waals surface area contributed by atoms with Gasteiger partial charge < -0.3 is 14.9 Å². The van der Waals surface area contributed by atoms with Gasteiger partial charge in [-0.2, -0.15) is 5.26 Å². The lowest BCUT2D eigenvalue weighted by Crippen LogP contribution is -2.54. The van der Waals surface area contributed by atoms with Crippen LogP contribution in [0.3, 0.4) is 0 Å². The molecule has 7 heteroatoms. The summed E-state index contributed by atoms with van der Waals surface area (Å²) >= 11 is 0. The molecule has 4 rings (SSSR count). The molecule has 0 spiro atoms. The minimum atomic E-state index is -0.260. The van der Waals surface area contributed by atoms with Crippen molar-refractivity contribution in [2.24, 2.45) is 0 Å². The molecule has 0 bridgehead atoms. The molecule has 1 saturated carbocycles. The number of hydrogen-bond donors (Lipinski definition) is 1. The van der Waals surface area contributed by atoms with Crippen LogP contribution in [-0.4, -0.2) is 53.2 Å². The van der Waals surface area contributed by atoms with E-state index in [1.54, 1.807) is 24.0 Å². The summed E-state index contributed by atoms with van der Waals surface area (Å²) in [6.07, 6.45) is 2.21. The first-order valence-corrected chi connectivity index (χ1v) is 11.2. The summed E-state index contributed by atoms with van der Waals surface area (Å²) in [6, 6.07) is 7.51. The van der Waals surface area contributed by atoms with Crippen LogP contribution in [-0.2, 0) is 4.79 Å². The highest BCUT2D eigenvalue weighted by Gasteiger charge is 2.34. The molecule has 32 heavy (non-hydrogen) atoms. The second kappa shape index (κ2) is 8.87. The van der Waals surface area contributed by atoms with Crippen LogP contribution in [0.15, 0.2) is 18.2 Å². The van der Waals surface area contributed by atoms with Crippen molar-refractivity contribution in [1.82, 2.24) is 9.88 Å². The first-order valence-electron chi connectivity index (χ1n) is 11.2. The number of carbonyl (C=O) groups is 1. The summed E-state index contributed by atoms with van der Waals surface area (Å²) < 4.78 is 14.4. The lowest BCUT2D eigenvalue weighted by atomic mass is 9.92. The number of halogens is 1. The zero-order valence-electron chi connectivity index (χ0n) is 18.9. The summed E-state index contributed by atoms with van der Waals surface area (Å²) in [6.45, 7) is 7.15. The van der Waals surface area contributed by atoms with E-state index in [0.717, 1.165) is 35.2 Å². The van der Waals surface area contributed by atoms with Gasteiger partial charge in [0, 0.05) is 43.6 Å². The normalized spacial score (nSPS) is 18.6. The molecule has 2 heterocycles. The number of hydrogen-bond acceptors (Lipinski definition) is 5. The number of carbonyl (C=O) groups excluding carboxylic acids is 1. The number of aliphatic hydroxyl groups is 1. The Hall–Kier alpha value is -2.98. The van der Waals surface area contributed by atoms with Gasteiger partial charge in [0.2, 0.25) is 5.91 Å². The summed E-state index contributed by atoms with van der Waals surface area (Å²) in [5, 5.41) is 19.1. The van der Waals surface area contributed by atoms with Crippen LogP contribution in [0.1, 0.15) is 54.5 Å². The Morgan fingerprint density at radius 2 is 2.06 bits per heavy atom.